The van der Waals surface area contributed by atoms with Crippen molar-refractivity contribution in [2.45, 2.75) is 66.0 Å². The third kappa shape index (κ3) is 4.52. The summed E-state index contributed by atoms with van der Waals surface area (Å²) in [5, 5.41) is 3.62. The van der Waals surface area contributed by atoms with E-state index in [4.69, 9.17) is 0 Å². The molecule has 0 aliphatic rings. The molecule has 2 atom stereocenters. The first-order chi connectivity index (χ1) is 9.67. The first-order valence-electron chi connectivity index (χ1n) is 8.27. The Bertz CT molecular complexity index is 358. The minimum absolute atomic E-state index is 0.489. The van der Waals surface area contributed by atoms with Gasteiger partial charge in [-0.3, -0.25) is 0 Å². The van der Waals surface area contributed by atoms with Crippen LogP contribution in [0.15, 0.2) is 24.3 Å². The summed E-state index contributed by atoms with van der Waals surface area (Å²) in [6.45, 7) is 13.4. The van der Waals surface area contributed by atoms with Crippen LogP contribution in [0.3, 0.4) is 0 Å². The molecule has 0 saturated heterocycles. The predicted molar refractivity (Wildman–Crippen MR) is 90.5 cm³/mol. The van der Waals surface area contributed by atoms with Crippen molar-refractivity contribution in [3.63, 3.8) is 0 Å². The zero-order chi connectivity index (χ0) is 15.0. The van der Waals surface area contributed by atoms with Gasteiger partial charge in [-0.15, -0.1) is 0 Å². The normalized spacial score (nSPS) is 14.1. The molecule has 1 rings (SSSR count). The second-order valence-electron chi connectivity index (χ2n) is 5.55. The Morgan fingerprint density at radius 3 is 2.10 bits per heavy atom. The van der Waals surface area contributed by atoms with Crippen molar-refractivity contribution in [1.29, 1.82) is 0 Å². The van der Waals surface area contributed by atoms with Crippen molar-refractivity contribution in [2.75, 3.05) is 18.0 Å². The van der Waals surface area contributed by atoms with Gasteiger partial charge in [0, 0.05) is 24.3 Å². The zero-order valence-corrected chi connectivity index (χ0v) is 13.9. The van der Waals surface area contributed by atoms with E-state index in [1.165, 1.54) is 24.1 Å². The van der Waals surface area contributed by atoms with Crippen molar-refractivity contribution < 1.29 is 0 Å². The van der Waals surface area contributed by atoms with Crippen LogP contribution in [0.5, 0.6) is 0 Å². The van der Waals surface area contributed by atoms with Crippen LogP contribution in [0, 0.1) is 0 Å². The lowest BCUT2D eigenvalue weighted by atomic mass is 10.0. The van der Waals surface area contributed by atoms with Gasteiger partial charge < -0.3 is 10.2 Å². The van der Waals surface area contributed by atoms with Gasteiger partial charge in [-0.1, -0.05) is 32.9 Å². The highest BCUT2D eigenvalue weighted by Crippen LogP contribution is 2.23. The number of rotatable bonds is 9. The SMILES string of the molecule is CCCNC(CC)c1ccc(N(CC)C(C)CC)cc1. The number of nitrogens with zero attached hydrogens (tertiary/aromatic N) is 1. The van der Waals surface area contributed by atoms with Gasteiger partial charge in [-0.2, -0.15) is 0 Å². The topological polar surface area (TPSA) is 15.3 Å². The molecule has 0 radical (unpaired) electrons. The number of hydrogen-bond donors (Lipinski definition) is 1. The molecule has 114 valence electrons. The Labute approximate surface area is 125 Å². The highest BCUT2D eigenvalue weighted by Gasteiger charge is 2.12. The third-order valence-electron chi connectivity index (χ3n) is 4.14. The second-order valence-corrected chi connectivity index (χ2v) is 5.55. The van der Waals surface area contributed by atoms with E-state index in [2.05, 4.69) is 69.1 Å². The largest absolute Gasteiger partial charge is 0.369 e. The van der Waals surface area contributed by atoms with Gasteiger partial charge in [0.05, 0.1) is 0 Å². The summed E-state index contributed by atoms with van der Waals surface area (Å²) in [4.78, 5) is 2.48. The minimum Gasteiger partial charge on any atom is -0.369 e. The van der Waals surface area contributed by atoms with E-state index in [0.717, 1.165) is 19.5 Å². The Morgan fingerprint density at radius 1 is 1.00 bits per heavy atom. The summed E-state index contributed by atoms with van der Waals surface area (Å²) >= 11 is 0. The quantitative estimate of drug-likeness (QED) is 0.699. The Morgan fingerprint density at radius 2 is 1.65 bits per heavy atom. The van der Waals surface area contributed by atoms with E-state index < -0.39 is 0 Å². The van der Waals surface area contributed by atoms with Crippen LogP contribution in [0.1, 0.15) is 65.5 Å². The molecule has 20 heavy (non-hydrogen) atoms. The molecule has 0 aromatic heterocycles. The van der Waals surface area contributed by atoms with Crippen LogP contribution < -0.4 is 10.2 Å². The van der Waals surface area contributed by atoms with E-state index in [9.17, 15) is 0 Å². The van der Waals surface area contributed by atoms with Crippen LogP contribution in [-0.2, 0) is 0 Å². The molecular formula is C18H32N2. The summed E-state index contributed by atoms with van der Waals surface area (Å²) in [5.74, 6) is 0. The van der Waals surface area contributed by atoms with Crippen molar-refractivity contribution in [1.82, 2.24) is 5.32 Å². The number of benzene rings is 1. The van der Waals surface area contributed by atoms with Gasteiger partial charge in [0.2, 0.25) is 0 Å². The van der Waals surface area contributed by atoms with E-state index in [1.54, 1.807) is 0 Å². The molecule has 1 aromatic rings. The second kappa shape index (κ2) is 9.02. The van der Waals surface area contributed by atoms with Crippen LogP contribution in [-0.4, -0.2) is 19.1 Å². The van der Waals surface area contributed by atoms with Crippen molar-refractivity contribution >= 4 is 5.69 Å². The maximum absolute atomic E-state index is 3.62. The van der Waals surface area contributed by atoms with Crippen molar-refractivity contribution in [3.05, 3.63) is 29.8 Å². The average Bonchev–Trinajstić information content (AvgIpc) is 2.49. The monoisotopic (exact) mass is 276 g/mol. The zero-order valence-electron chi connectivity index (χ0n) is 13.9. The first kappa shape index (κ1) is 17.0. The van der Waals surface area contributed by atoms with Gasteiger partial charge in [0.1, 0.15) is 0 Å². The standard InChI is InChI=1S/C18H32N2/c1-6-14-19-18(8-3)16-10-12-17(13-11-16)20(9-4)15(5)7-2/h10-13,15,18-19H,6-9,14H2,1-5H3. The molecule has 0 heterocycles. The highest BCUT2D eigenvalue weighted by molar-refractivity contribution is 5.48. The summed E-state index contributed by atoms with van der Waals surface area (Å²) in [7, 11) is 0. The van der Waals surface area contributed by atoms with Gasteiger partial charge in [-0.05, 0) is 57.4 Å². The van der Waals surface area contributed by atoms with E-state index in [1.807, 2.05) is 0 Å². The molecule has 1 N–H and O–H groups in total. The van der Waals surface area contributed by atoms with E-state index in [-0.39, 0.29) is 0 Å². The fourth-order valence-electron chi connectivity index (χ4n) is 2.68. The lowest BCUT2D eigenvalue weighted by Crippen LogP contribution is -2.32. The first-order valence-corrected chi connectivity index (χ1v) is 8.27. The molecule has 0 aliphatic heterocycles. The van der Waals surface area contributed by atoms with Gasteiger partial charge >= 0.3 is 0 Å². The van der Waals surface area contributed by atoms with E-state index >= 15 is 0 Å². The van der Waals surface area contributed by atoms with Crippen molar-refractivity contribution in [2.24, 2.45) is 0 Å². The Kier molecular flexibility index (Phi) is 7.68. The molecule has 0 fully saturated rings. The summed E-state index contributed by atoms with van der Waals surface area (Å²) in [5.41, 5.74) is 2.75. The lowest BCUT2D eigenvalue weighted by molar-refractivity contribution is 0.518. The van der Waals surface area contributed by atoms with Crippen LogP contribution in [0.4, 0.5) is 5.69 Å². The minimum atomic E-state index is 0.489. The van der Waals surface area contributed by atoms with Crippen molar-refractivity contribution in [3.8, 4) is 0 Å². The third-order valence-corrected chi connectivity index (χ3v) is 4.14. The maximum atomic E-state index is 3.62. The van der Waals surface area contributed by atoms with Crippen LogP contribution >= 0.6 is 0 Å². The Hall–Kier alpha value is -1.02. The Balaban J connectivity index is 2.80. The number of nitrogens with one attached hydrogen (secondary N) is 1. The molecule has 1 aromatic carbocycles. The lowest BCUT2D eigenvalue weighted by Gasteiger charge is -2.30. The van der Waals surface area contributed by atoms with Gasteiger partial charge in [0.25, 0.3) is 0 Å². The van der Waals surface area contributed by atoms with E-state index in [0.29, 0.717) is 12.1 Å². The fourth-order valence-corrected chi connectivity index (χ4v) is 2.68. The fraction of sp³-hybridized carbons (Fsp3) is 0.667. The average molecular weight is 276 g/mol. The molecule has 0 aliphatic carbocycles. The summed E-state index contributed by atoms with van der Waals surface area (Å²) < 4.78 is 0. The molecule has 2 nitrogen and oxygen atoms in total. The molecule has 0 amide bonds. The van der Waals surface area contributed by atoms with Crippen LogP contribution in [0.2, 0.25) is 0 Å². The molecule has 2 heteroatoms. The van der Waals surface area contributed by atoms with Gasteiger partial charge in [0.15, 0.2) is 0 Å². The molecule has 2 unspecified atom stereocenters. The molecule has 0 bridgehead atoms. The molecule has 0 spiro atoms. The smallest absolute Gasteiger partial charge is 0.0368 e. The maximum Gasteiger partial charge on any atom is 0.0368 e. The van der Waals surface area contributed by atoms with Crippen LogP contribution in [0.25, 0.3) is 0 Å². The van der Waals surface area contributed by atoms with Gasteiger partial charge in [-0.25, -0.2) is 0 Å². The summed E-state index contributed by atoms with van der Waals surface area (Å²) in [6.07, 6.45) is 3.51. The number of hydrogen-bond acceptors (Lipinski definition) is 2. The highest BCUT2D eigenvalue weighted by atomic mass is 15.1. The molecular weight excluding hydrogens is 244 g/mol. The molecule has 0 saturated carbocycles. The summed E-state index contributed by atoms with van der Waals surface area (Å²) in [6, 6.07) is 10.2. The predicted octanol–water partition coefficient (Wildman–Crippen LogP) is 4.76. The number of anilines is 1.